The first-order valence-electron chi connectivity index (χ1n) is 4.89. The molecular formula is C12H11BrO2. The maximum absolute atomic E-state index is 10.9. The third-order valence-corrected chi connectivity index (χ3v) is 3.10. The molecule has 0 aliphatic heterocycles. The summed E-state index contributed by atoms with van der Waals surface area (Å²) in [5, 5.41) is 8.98. The highest BCUT2D eigenvalue weighted by molar-refractivity contribution is 9.10. The second-order valence-electron chi connectivity index (χ2n) is 3.67. The van der Waals surface area contributed by atoms with Gasteiger partial charge in [0, 0.05) is 10.0 Å². The highest BCUT2D eigenvalue weighted by Gasteiger charge is 2.13. The number of benzene rings is 1. The van der Waals surface area contributed by atoms with Gasteiger partial charge in [-0.15, -0.1) is 0 Å². The van der Waals surface area contributed by atoms with Gasteiger partial charge in [-0.05, 0) is 48.6 Å². The minimum absolute atomic E-state index is 0.506. The Kier molecular flexibility index (Phi) is 2.91. The number of carboxylic acids is 1. The smallest absolute Gasteiger partial charge is 0.331 e. The summed E-state index contributed by atoms with van der Waals surface area (Å²) in [6, 6.07) is 6.03. The van der Waals surface area contributed by atoms with Crippen LogP contribution in [0.5, 0.6) is 0 Å². The molecule has 2 nitrogen and oxygen atoms in total. The van der Waals surface area contributed by atoms with Crippen LogP contribution in [0.4, 0.5) is 0 Å². The predicted octanol–water partition coefficient (Wildman–Crippen LogP) is 3.25. The molecule has 1 N–H and O–H groups in total. The number of carbonyl (C=O) groups is 1. The molecule has 0 saturated heterocycles. The minimum Gasteiger partial charge on any atom is -0.478 e. The quantitative estimate of drug-likeness (QED) is 0.848. The van der Waals surface area contributed by atoms with Crippen molar-refractivity contribution in [3.05, 3.63) is 39.4 Å². The highest BCUT2D eigenvalue weighted by Crippen LogP contribution is 2.25. The number of halogens is 1. The lowest BCUT2D eigenvalue weighted by Crippen LogP contribution is -1.99. The van der Waals surface area contributed by atoms with E-state index < -0.39 is 5.97 Å². The van der Waals surface area contributed by atoms with Gasteiger partial charge in [0.2, 0.25) is 0 Å². The van der Waals surface area contributed by atoms with Crippen molar-refractivity contribution in [1.82, 2.24) is 0 Å². The summed E-state index contributed by atoms with van der Waals surface area (Å²) in [5.41, 5.74) is 2.76. The van der Waals surface area contributed by atoms with Crippen molar-refractivity contribution in [2.75, 3.05) is 0 Å². The molecule has 0 amide bonds. The zero-order chi connectivity index (χ0) is 10.8. The highest BCUT2D eigenvalue weighted by atomic mass is 79.9. The maximum atomic E-state index is 10.9. The lowest BCUT2D eigenvalue weighted by molar-refractivity contribution is -0.132. The zero-order valence-electron chi connectivity index (χ0n) is 8.16. The monoisotopic (exact) mass is 266 g/mol. The molecule has 0 radical (unpaired) electrons. The Hall–Kier alpha value is -1.09. The van der Waals surface area contributed by atoms with Gasteiger partial charge in [-0.25, -0.2) is 4.79 Å². The molecule has 3 heteroatoms. The molecule has 2 rings (SSSR count). The number of aliphatic carboxylic acids is 1. The molecule has 78 valence electrons. The van der Waals surface area contributed by atoms with Gasteiger partial charge in [-0.2, -0.15) is 0 Å². The molecular weight excluding hydrogens is 256 g/mol. The van der Waals surface area contributed by atoms with E-state index in [1.54, 1.807) is 6.08 Å². The summed E-state index contributed by atoms with van der Waals surface area (Å²) in [6.07, 6.45) is 4.31. The number of rotatable bonds is 1. The molecule has 0 unspecified atom stereocenters. The Bertz CT molecular complexity index is 435. The third-order valence-electron chi connectivity index (χ3n) is 2.60. The third kappa shape index (κ3) is 2.29. The Morgan fingerprint density at radius 2 is 2.13 bits per heavy atom. The van der Waals surface area contributed by atoms with Crippen LogP contribution < -0.4 is 0 Å². The molecule has 15 heavy (non-hydrogen) atoms. The van der Waals surface area contributed by atoms with E-state index in [1.807, 2.05) is 12.1 Å². The van der Waals surface area contributed by atoms with Crippen LogP contribution in [0.25, 0.3) is 6.08 Å². The predicted molar refractivity (Wildman–Crippen MR) is 62.7 cm³/mol. The molecule has 0 atom stereocenters. The number of hydrogen-bond acceptors (Lipinski definition) is 1. The Morgan fingerprint density at radius 3 is 2.87 bits per heavy atom. The molecule has 0 heterocycles. The summed E-state index contributed by atoms with van der Waals surface area (Å²) in [6.45, 7) is 0. The molecule has 0 fully saturated rings. The van der Waals surface area contributed by atoms with E-state index >= 15 is 0 Å². The molecule has 1 aromatic rings. The van der Waals surface area contributed by atoms with Crippen molar-refractivity contribution < 1.29 is 9.90 Å². The average Bonchev–Trinajstić information content (AvgIpc) is 2.39. The fourth-order valence-corrected chi connectivity index (χ4v) is 2.20. The van der Waals surface area contributed by atoms with Crippen LogP contribution in [-0.4, -0.2) is 11.1 Å². The first kappa shape index (κ1) is 10.4. The fourth-order valence-electron chi connectivity index (χ4n) is 1.83. The summed E-state index contributed by atoms with van der Waals surface area (Å²) in [7, 11) is 0. The Morgan fingerprint density at radius 1 is 1.33 bits per heavy atom. The van der Waals surface area contributed by atoms with Crippen molar-refractivity contribution in [3.8, 4) is 0 Å². The molecule has 0 spiro atoms. The topological polar surface area (TPSA) is 37.3 Å². The zero-order valence-corrected chi connectivity index (χ0v) is 9.75. The van der Waals surface area contributed by atoms with E-state index in [-0.39, 0.29) is 0 Å². The summed E-state index contributed by atoms with van der Waals surface area (Å²) in [5.74, 6) is -0.803. The standard InChI is InChI=1S/C12H11BrO2/c13-11-5-4-8-2-1-3-9(12(14)15)6-10(8)7-11/h4-7H,1-3H2,(H,14,15). The number of carboxylic acid groups (broad SMARTS) is 1. The first-order valence-corrected chi connectivity index (χ1v) is 5.68. The maximum Gasteiger partial charge on any atom is 0.331 e. The summed E-state index contributed by atoms with van der Waals surface area (Å²) in [4.78, 5) is 10.9. The van der Waals surface area contributed by atoms with Gasteiger partial charge >= 0.3 is 5.97 Å². The van der Waals surface area contributed by atoms with Gasteiger partial charge in [0.1, 0.15) is 0 Å². The lowest BCUT2D eigenvalue weighted by atomic mass is 10.1. The van der Waals surface area contributed by atoms with E-state index in [2.05, 4.69) is 22.0 Å². The fraction of sp³-hybridized carbons (Fsp3) is 0.250. The minimum atomic E-state index is -0.803. The van der Waals surface area contributed by atoms with Crippen molar-refractivity contribution in [1.29, 1.82) is 0 Å². The van der Waals surface area contributed by atoms with Gasteiger partial charge < -0.3 is 5.11 Å². The van der Waals surface area contributed by atoms with E-state index in [0.29, 0.717) is 12.0 Å². The van der Waals surface area contributed by atoms with Crippen LogP contribution in [0.1, 0.15) is 24.0 Å². The van der Waals surface area contributed by atoms with E-state index in [4.69, 9.17) is 5.11 Å². The van der Waals surface area contributed by atoms with Gasteiger partial charge in [0.15, 0.2) is 0 Å². The van der Waals surface area contributed by atoms with Crippen molar-refractivity contribution >= 4 is 28.0 Å². The number of hydrogen-bond donors (Lipinski definition) is 1. The van der Waals surface area contributed by atoms with Crippen LogP contribution >= 0.6 is 15.9 Å². The summed E-state index contributed by atoms with van der Waals surface area (Å²) >= 11 is 3.40. The Balaban J connectivity index is 2.48. The normalized spacial score (nSPS) is 15.1. The number of fused-ring (bicyclic) bond motifs is 1. The Labute approximate surface area is 96.7 Å². The molecule has 1 aliphatic carbocycles. The molecule has 1 aromatic carbocycles. The second-order valence-corrected chi connectivity index (χ2v) is 4.59. The largest absolute Gasteiger partial charge is 0.478 e. The lowest BCUT2D eigenvalue weighted by Gasteiger charge is -2.02. The summed E-state index contributed by atoms with van der Waals surface area (Å²) < 4.78 is 0.990. The van der Waals surface area contributed by atoms with E-state index in [1.165, 1.54) is 5.56 Å². The van der Waals surface area contributed by atoms with Crippen LogP contribution in [-0.2, 0) is 11.2 Å². The van der Waals surface area contributed by atoms with Crippen LogP contribution in [0.2, 0.25) is 0 Å². The van der Waals surface area contributed by atoms with Crippen LogP contribution in [0.15, 0.2) is 28.2 Å². The van der Waals surface area contributed by atoms with Crippen molar-refractivity contribution in [2.24, 2.45) is 0 Å². The second kappa shape index (κ2) is 4.19. The van der Waals surface area contributed by atoms with Gasteiger partial charge in [0.25, 0.3) is 0 Å². The van der Waals surface area contributed by atoms with Gasteiger partial charge in [-0.3, -0.25) is 0 Å². The van der Waals surface area contributed by atoms with Gasteiger partial charge in [-0.1, -0.05) is 22.0 Å². The van der Waals surface area contributed by atoms with E-state index in [9.17, 15) is 4.79 Å². The first-order chi connectivity index (χ1) is 7.16. The average molecular weight is 267 g/mol. The SMILES string of the molecule is O=C(O)C1=Cc2cc(Br)ccc2CCC1. The van der Waals surface area contributed by atoms with Crippen LogP contribution in [0, 0.1) is 0 Å². The van der Waals surface area contributed by atoms with E-state index in [0.717, 1.165) is 22.9 Å². The molecule has 0 saturated carbocycles. The number of aryl methyl sites for hydroxylation is 1. The molecule has 0 aromatic heterocycles. The molecule has 1 aliphatic rings. The van der Waals surface area contributed by atoms with Gasteiger partial charge in [0.05, 0.1) is 0 Å². The van der Waals surface area contributed by atoms with Crippen molar-refractivity contribution in [3.63, 3.8) is 0 Å². The van der Waals surface area contributed by atoms with Crippen molar-refractivity contribution in [2.45, 2.75) is 19.3 Å². The molecule has 0 bridgehead atoms. The van der Waals surface area contributed by atoms with Crippen LogP contribution in [0.3, 0.4) is 0 Å².